The van der Waals surface area contributed by atoms with Crippen LogP contribution in [0.1, 0.15) is 32.6 Å². The highest BCUT2D eigenvalue weighted by atomic mass is 32.2. The molecule has 4 nitrogen and oxygen atoms in total. The molecule has 1 aromatic heterocycles. The van der Waals surface area contributed by atoms with Crippen LogP contribution >= 0.6 is 11.8 Å². The summed E-state index contributed by atoms with van der Waals surface area (Å²) in [5.74, 6) is 2.09. The predicted octanol–water partition coefficient (Wildman–Crippen LogP) is 3.93. The van der Waals surface area contributed by atoms with Gasteiger partial charge in [-0.05, 0) is 39.8 Å². The summed E-state index contributed by atoms with van der Waals surface area (Å²) in [6, 6.07) is 11.1. The molecule has 0 spiro atoms. The van der Waals surface area contributed by atoms with Crippen molar-refractivity contribution in [2.75, 3.05) is 19.3 Å². The molecule has 1 aromatic carbocycles. The molecule has 3 rings (SSSR count). The molecule has 0 radical (unpaired) electrons. The molecule has 0 amide bonds. The second-order valence-electron chi connectivity index (χ2n) is 6.18. The van der Waals surface area contributed by atoms with Crippen molar-refractivity contribution in [1.29, 1.82) is 0 Å². The number of piperidine rings is 1. The average Bonchev–Trinajstić information content (AvgIpc) is 3.00. The van der Waals surface area contributed by atoms with E-state index < -0.39 is 0 Å². The van der Waals surface area contributed by atoms with Gasteiger partial charge in [0.2, 0.25) is 0 Å². The summed E-state index contributed by atoms with van der Waals surface area (Å²) >= 11 is 1.85. The van der Waals surface area contributed by atoms with Crippen LogP contribution in [0.3, 0.4) is 0 Å². The van der Waals surface area contributed by atoms with Gasteiger partial charge in [-0.15, -0.1) is 10.2 Å². The quantitative estimate of drug-likeness (QED) is 0.752. The summed E-state index contributed by atoms with van der Waals surface area (Å²) < 4.78 is 2.23. The first-order valence-corrected chi connectivity index (χ1v) is 9.59. The van der Waals surface area contributed by atoms with Gasteiger partial charge in [0.15, 0.2) is 11.0 Å². The maximum atomic E-state index is 4.43. The standard InChI is InChI=1S/C18H26N4S/c1-3-22-17(15-9-5-4-6-10-15)19-20-18(22)23-14-12-16-11-7-8-13-21(16)2/h4-6,9-10,16H,3,7-8,11-14H2,1-2H3. The molecule has 0 saturated carbocycles. The Hall–Kier alpha value is -1.33. The molecule has 2 heterocycles. The topological polar surface area (TPSA) is 34.0 Å². The highest BCUT2D eigenvalue weighted by Gasteiger charge is 2.19. The minimum Gasteiger partial charge on any atom is -0.303 e. The van der Waals surface area contributed by atoms with Crippen molar-refractivity contribution in [3.05, 3.63) is 30.3 Å². The van der Waals surface area contributed by atoms with E-state index in [1.165, 1.54) is 32.2 Å². The van der Waals surface area contributed by atoms with Gasteiger partial charge < -0.3 is 9.47 Å². The first-order chi connectivity index (χ1) is 11.3. The minimum absolute atomic E-state index is 0.739. The molecule has 0 bridgehead atoms. The zero-order valence-corrected chi connectivity index (χ0v) is 14.9. The lowest BCUT2D eigenvalue weighted by Crippen LogP contribution is -2.36. The van der Waals surface area contributed by atoms with Gasteiger partial charge in [0, 0.05) is 23.9 Å². The zero-order valence-electron chi connectivity index (χ0n) is 14.1. The van der Waals surface area contributed by atoms with E-state index in [9.17, 15) is 0 Å². The van der Waals surface area contributed by atoms with Crippen LogP contribution in [-0.4, -0.2) is 45.1 Å². The normalized spacial score (nSPS) is 19.1. The molecule has 0 N–H and O–H groups in total. The number of hydrogen-bond donors (Lipinski definition) is 0. The third-order valence-electron chi connectivity index (χ3n) is 4.67. The van der Waals surface area contributed by atoms with Crippen molar-refractivity contribution in [3.63, 3.8) is 0 Å². The Kier molecular flexibility index (Phi) is 5.73. The number of likely N-dealkylation sites (tertiary alicyclic amines) is 1. The lowest BCUT2D eigenvalue weighted by Gasteiger charge is -2.32. The number of thioether (sulfide) groups is 1. The number of nitrogens with zero attached hydrogens (tertiary/aromatic N) is 4. The van der Waals surface area contributed by atoms with Gasteiger partial charge >= 0.3 is 0 Å². The van der Waals surface area contributed by atoms with Gasteiger partial charge in [-0.2, -0.15) is 0 Å². The van der Waals surface area contributed by atoms with E-state index >= 15 is 0 Å². The summed E-state index contributed by atoms with van der Waals surface area (Å²) in [7, 11) is 2.26. The van der Waals surface area contributed by atoms with E-state index in [2.05, 4.69) is 57.9 Å². The Morgan fingerprint density at radius 3 is 2.74 bits per heavy atom. The van der Waals surface area contributed by atoms with Crippen molar-refractivity contribution in [2.45, 2.75) is 50.4 Å². The van der Waals surface area contributed by atoms with Crippen LogP contribution in [0.2, 0.25) is 0 Å². The lowest BCUT2D eigenvalue weighted by atomic mass is 10.0. The number of aromatic nitrogens is 3. The Morgan fingerprint density at radius 1 is 1.17 bits per heavy atom. The van der Waals surface area contributed by atoms with Crippen LogP contribution in [0.4, 0.5) is 0 Å². The third-order valence-corrected chi connectivity index (χ3v) is 5.67. The van der Waals surface area contributed by atoms with Crippen LogP contribution in [0, 0.1) is 0 Å². The summed E-state index contributed by atoms with van der Waals surface area (Å²) in [5, 5.41) is 9.89. The largest absolute Gasteiger partial charge is 0.303 e. The zero-order chi connectivity index (χ0) is 16.1. The van der Waals surface area contributed by atoms with Gasteiger partial charge in [-0.3, -0.25) is 0 Å². The third kappa shape index (κ3) is 3.96. The second-order valence-corrected chi connectivity index (χ2v) is 7.25. The van der Waals surface area contributed by atoms with Crippen LogP contribution in [0.15, 0.2) is 35.5 Å². The van der Waals surface area contributed by atoms with Gasteiger partial charge in [0.05, 0.1) is 0 Å². The highest BCUT2D eigenvalue weighted by Crippen LogP contribution is 2.26. The fourth-order valence-corrected chi connectivity index (χ4v) is 4.32. The average molecular weight is 331 g/mol. The molecule has 124 valence electrons. The van der Waals surface area contributed by atoms with Crippen LogP contribution in [0.5, 0.6) is 0 Å². The van der Waals surface area contributed by atoms with E-state index in [0.29, 0.717) is 0 Å². The predicted molar refractivity (Wildman–Crippen MR) is 96.7 cm³/mol. The van der Waals surface area contributed by atoms with Gasteiger partial charge in [0.1, 0.15) is 0 Å². The van der Waals surface area contributed by atoms with Crippen molar-refractivity contribution in [3.8, 4) is 11.4 Å². The van der Waals surface area contributed by atoms with Crippen LogP contribution in [0.25, 0.3) is 11.4 Å². The van der Waals surface area contributed by atoms with Gasteiger partial charge in [-0.25, -0.2) is 0 Å². The lowest BCUT2D eigenvalue weighted by molar-refractivity contribution is 0.182. The molecule has 5 heteroatoms. The fraction of sp³-hybridized carbons (Fsp3) is 0.556. The number of rotatable bonds is 6. The molecular formula is C18H26N4S. The fourth-order valence-electron chi connectivity index (χ4n) is 3.28. The number of hydrogen-bond acceptors (Lipinski definition) is 4. The SMILES string of the molecule is CCn1c(SCCC2CCCCN2C)nnc1-c1ccccc1. The monoisotopic (exact) mass is 330 g/mol. The molecule has 1 unspecified atom stereocenters. The molecular weight excluding hydrogens is 304 g/mol. The van der Waals surface area contributed by atoms with Crippen molar-refractivity contribution < 1.29 is 0 Å². The molecule has 1 aliphatic rings. The van der Waals surface area contributed by atoms with Crippen LogP contribution in [-0.2, 0) is 6.54 Å². The van der Waals surface area contributed by atoms with E-state index in [-0.39, 0.29) is 0 Å². The van der Waals surface area contributed by atoms with Crippen molar-refractivity contribution >= 4 is 11.8 Å². The maximum absolute atomic E-state index is 4.43. The summed E-state index contributed by atoms with van der Waals surface area (Å²) in [6.45, 7) is 4.32. The first-order valence-electron chi connectivity index (χ1n) is 8.61. The van der Waals surface area contributed by atoms with E-state index in [1.807, 2.05) is 17.8 Å². The maximum Gasteiger partial charge on any atom is 0.191 e. The molecule has 1 fully saturated rings. The molecule has 0 aliphatic carbocycles. The summed E-state index contributed by atoms with van der Waals surface area (Å²) in [5.41, 5.74) is 1.14. The highest BCUT2D eigenvalue weighted by molar-refractivity contribution is 7.99. The first kappa shape index (κ1) is 16.5. The van der Waals surface area contributed by atoms with Crippen LogP contribution < -0.4 is 0 Å². The second kappa shape index (κ2) is 7.97. The molecule has 2 aromatic rings. The number of benzene rings is 1. The molecule has 1 atom stereocenters. The van der Waals surface area contributed by atoms with Crippen molar-refractivity contribution in [2.24, 2.45) is 0 Å². The summed E-state index contributed by atoms with van der Waals surface area (Å²) in [6.07, 6.45) is 5.30. The molecule has 1 aliphatic heterocycles. The summed E-state index contributed by atoms with van der Waals surface area (Å²) in [4.78, 5) is 2.52. The Balaban J connectivity index is 1.63. The Labute approximate surface area is 143 Å². The van der Waals surface area contributed by atoms with Gasteiger partial charge in [-0.1, -0.05) is 48.5 Å². The molecule has 23 heavy (non-hydrogen) atoms. The van der Waals surface area contributed by atoms with E-state index in [4.69, 9.17) is 0 Å². The van der Waals surface area contributed by atoms with E-state index in [1.54, 1.807) is 0 Å². The van der Waals surface area contributed by atoms with Gasteiger partial charge in [0.25, 0.3) is 0 Å². The van der Waals surface area contributed by atoms with E-state index in [0.717, 1.165) is 34.9 Å². The van der Waals surface area contributed by atoms with Crippen molar-refractivity contribution in [1.82, 2.24) is 19.7 Å². The Bertz CT molecular complexity index is 611. The Morgan fingerprint density at radius 2 is 2.00 bits per heavy atom. The molecule has 1 saturated heterocycles. The minimum atomic E-state index is 0.739. The smallest absolute Gasteiger partial charge is 0.191 e.